The number of morpholine rings is 1. The average molecular weight is 386 g/mol. The zero-order chi connectivity index (χ0) is 19.0. The molecular weight excluding hydrogens is 350 g/mol. The van der Waals surface area contributed by atoms with Crippen molar-refractivity contribution in [2.75, 3.05) is 32.8 Å². The summed E-state index contributed by atoms with van der Waals surface area (Å²) in [4.78, 5) is 5.66. The second kappa shape index (κ2) is 10.4. The van der Waals surface area contributed by atoms with Gasteiger partial charge in [-0.15, -0.1) is 11.3 Å². The van der Waals surface area contributed by atoms with Gasteiger partial charge in [0.1, 0.15) is 0 Å². The normalized spacial score (nSPS) is 15.9. The number of ether oxygens (including phenoxy) is 1. The van der Waals surface area contributed by atoms with E-state index in [-0.39, 0.29) is 0 Å². The monoisotopic (exact) mass is 385 g/mol. The van der Waals surface area contributed by atoms with Crippen LogP contribution in [0.5, 0.6) is 0 Å². The molecular formula is C24H35NOS. The molecule has 0 spiro atoms. The van der Waals surface area contributed by atoms with Crippen LogP contribution in [0.1, 0.15) is 48.4 Å². The van der Waals surface area contributed by atoms with E-state index in [0.29, 0.717) is 5.41 Å². The summed E-state index contributed by atoms with van der Waals surface area (Å²) < 4.78 is 5.45. The van der Waals surface area contributed by atoms with E-state index in [1.54, 1.807) is 9.75 Å². The van der Waals surface area contributed by atoms with Crippen LogP contribution in [-0.2, 0) is 24.0 Å². The van der Waals surface area contributed by atoms with E-state index in [2.05, 4.69) is 61.2 Å². The van der Waals surface area contributed by atoms with Gasteiger partial charge in [0.15, 0.2) is 0 Å². The highest BCUT2D eigenvalue weighted by Gasteiger charge is 2.20. The van der Waals surface area contributed by atoms with Crippen LogP contribution in [0.4, 0.5) is 0 Å². The summed E-state index contributed by atoms with van der Waals surface area (Å²) >= 11 is 2.03. The second-order valence-electron chi connectivity index (χ2n) is 8.58. The Balaban J connectivity index is 1.36. The third kappa shape index (κ3) is 7.40. The van der Waals surface area contributed by atoms with Crippen LogP contribution in [0.2, 0.25) is 0 Å². The number of rotatable bonds is 10. The molecule has 27 heavy (non-hydrogen) atoms. The van der Waals surface area contributed by atoms with Crippen molar-refractivity contribution >= 4 is 11.3 Å². The molecule has 1 aromatic carbocycles. The lowest BCUT2D eigenvalue weighted by Crippen LogP contribution is -2.38. The van der Waals surface area contributed by atoms with Gasteiger partial charge in [0.25, 0.3) is 0 Å². The fraction of sp³-hybridized carbons (Fsp3) is 0.583. The Kier molecular flexibility index (Phi) is 7.93. The first-order valence-corrected chi connectivity index (χ1v) is 11.3. The lowest BCUT2D eigenvalue weighted by molar-refractivity contribution is 0.0323. The Morgan fingerprint density at radius 3 is 2.33 bits per heavy atom. The van der Waals surface area contributed by atoms with Crippen molar-refractivity contribution < 1.29 is 4.74 Å². The summed E-state index contributed by atoms with van der Waals surface area (Å²) in [5.41, 5.74) is 1.87. The molecule has 0 unspecified atom stereocenters. The molecule has 1 aliphatic heterocycles. The van der Waals surface area contributed by atoms with Gasteiger partial charge in [0.2, 0.25) is 0 Å². The first-order valence-electron chi connectivity index (χ1n) is 10.5. The zero-order valence-electron chi connectivity index (χ0n) is 17.1. The van der Waals surface area contributed by atoms with Gasteiger partial charge in [-0.3, -0.25) is 4.90 Å². The fourth-order valence-electron chi connectivity index (χ4n) is 3.67. The van der Waals surface area contributed by atoms with E-state index < -0.39 is 0 Å². The van der Waals surface area contributed by atoms with Crippen LogP contribution in [0.15, 0.2) is 42.5 Å². The molecule has 1 fully saturated rings. The molecule has 0 N–H and O–H groups in total. The number of thiophene rings is 1. The molecule has 0 saturated carbocycles. The third-order valence-electron chi connectivity index (χ3n) is 5.71. The van der Waals surface area contributed by atoms with Crippen LogP contribution in [0.3, 0.4) is 0 Å². The van der Waals surface area contributed by atoms with Crippen molar-refractivity contribution in [3.8, 4) is 0 Å². The molecule has 3 rings (SSSR count). The highest BCUT2D eigenvalue weighted by Crippen LogP contribution is 2.29. The van der Waals surface area contributed by atoms with Crippen molar-refractivity contribution in [2.45, 2.75) is 52.4 Å². The number of benzene rings is 1. The van der Waals surface area contributed by atoms with Gasteiger partial charge in [0.05, 0.1) is 13.2 Å². The minimum atomic E-state index is 0.412. The fourth-order valence-corrected chi connectivity index (χ4v) is 4.73. The summed E-state index contributed by atoms with van der Waals surface area (Å²) in [5, 5.41) is 0. The summed E-state index contributed by atoms with van der Waals surface area (Å²) in [6.45, 7) is 10.1. The Labute approximate surface area is 169 Å². The maximum Gasteiger partial charge on any atom is 0.0594 e. The highest BCUT2D eigenvalue weighted by atomic mass is 32.1. The van der Waals surface area contributed by atoms with Gasteiger partial charge < -0.3 is 4.74 Å². The summed E-state index contributed by atoms with van der Waals surface area (Å²) in [7, 11) is 0. The SMILES string of the molecule is CC(C)(CCc1ccc(CCCc2ccccc2)s1)CCN1CCOCC1. The Morgan fingerprint density at radius 1 is 0.889 bits per heavy atom. The van der Waals surface area contributed by atoms with Gasteiger partial charge >= 0.3 is 0 Å². The van der Waals surface area contributed by atoms with E-state index in [9.17, 15) is 0 Å². The third-order valence-corrected chi connectivity index (χ3v) is 6.91. The molecule has 0 radical (unpaired) electrons. The van der Waals surface area contributed by atoms with Gasteiger partial charge in [-0.2, -0.15) is 0 Å². The molecule has 3 heteroatoms. The first kappa shape index (κ1) is 20.6. The lowest BCUT2D eigenvalue weighted by atomic mass is 9.84. The molecule has 1 aliphatic rings. The maximum absolute atomic E-state index is 5.45. The molecule has 2 aromatic rings. The van der Waals surface area contributed by atoms with Crippen molar-refractivity contribution in [1.82, 2.24) is 4.90 Å². The molecule has 2 heterocycles. The van der Waals surface area contributed by atoms with Crippen LogP contribution < -0.4 is 0 Å². The molecule has 1 saturated heterocycles. The first-order chi connectivity index (χ1) is 13.1. The zero-order valence-corrected chi connectivity index (χ0v) is 17.9. The molecule has 1 aromatic heterocycles. The van der Waals surface area contributed by atoms with Crippen LogP contribution in [0, 0.1) is 5.41 Å². The summed E-state index contributed by atoms with van der Waals surface area (Å²) in [5.74, 6) is 0. The molecule has 0 bridgehead atoms. The van der Waals surface area contributed by atoms with Crippen molar-refractivity contribution in [3.63, 3.8) is 0 Å². The predicted molar refractivity (Wildman–Crippen MR) is 117 cm³/mol. The van der Waals surface area contributed by atoms with Crippen LogP contribution in [0.25, 0.3) is 0 Å². The van der Waals surface area contributed by atoms with Gasteiger partial charge in [0, 0.05) is 22.8 Å². The molecule has 148 valence electrons. The molecule has 0 amide bonds. The number of hydrogen-bond acceptors (Lipinski definition) is 3. The van der Waals surface area contributed by atoms with Crippen molar-refractivity contribution in [3.05, 3.63) is 57.8 Å². The van der Waals surface area contributed by atoms with E-state index in [1.807, 2.05) is 11.3 Å². The summed E-state index contributed by atoms with van der Waals surface area (Å²) in [6, 6.07) is 15.6. The Bertz CT molecular complexity index is 658. The van der Waals surface area contributed by atoms with Gasteiger partial charge in [-0.05, 0) is 68.2 Å². The van der Waals surface area contributed by atoms with Crippen molar-refractivity contribution in [1.29, 1.82) is 0 Å². The number of hydrogen-bond donors (Lipinski definition) is 0. The molecule has 2 nitrogen and oxygen atoms in total. The minimum Gasteiger partial charge on any atom is -0.379 e. The minimum absolute atomic E-state index is 0.412. The Morgan fingerprint density at radius 2 is 1.59 bits per heavy atom. The summed E-state index contributed by atoms with van der Waals surface area (Å²) in [6.07, 6.45) is 7.42. The average Bonchev–Trinajstić information content (AvgIpc) is 3.15. The standard InChI is InChI=1S/C24H35NOS/c1-24(2,15-16-25-17-19-26-20-18-25)14-13-23-12-11-22(27-23)10-6-9-21-7-4-3-5-8-21/h3-5,7-8,11-12H,6,9-10,13-20H2,1-2H3. The molecule has 0 aliphatic carbocycles. The highest BCUT2D eigenvalue weighted by molar-refractivity contribution is 7.11. The predicted octanol–water partition coefficient (Wildman–Crippen LogP) is 5.60. The van der Waals surface area contributed by atoms with E-state index in [0.717, 1.165) is 26.3 Å². The van der Waals surface area contributed by atoms with Crippen LogP contribution >= 0.6 is 11.3 Å². The molecule has 0 atom stereocenters. The quantitative estimate of drug-likeness (QED) is 0.527. The topological polar surface area (TPSA) is 12.5 Å². The number of aryl methyl sites for hydroxylation is 3. The number of nitrogens with zero attached hydrogens (tertiary/aromatic N) is 1. The van der Waals surface area contributed by atoms with Crippen molar-refractivity contribution in [2.24, 2.45) is 5.41 Å². The smallest absolute Gasteiger partial charge is 0.0594 e. The second-order valence-corrected chi connectivity index (χ2v) is 9.83. The van der Waals surface area contributed by atoms with E-state index >= 15 is 0 Å². The van der Waals surface area contributed by atoms with Crippen LogP contribution in [-0.4, -0.2) is 37.7 Å². The maximum atomic E-state index is 5.45. The van der Waals surface area contributed by atoms with E-state index in [1.165, 1.54) is 50.6 Å². The van der Waals surface area contributed by atoms with E-state index in [4.69, 9.17) is 4.74 Å². The largest absolute Gasteiger partial charge is 0.379 e. The van der Waals surface area contributed by atoms with Gasteiger partial charge in [-0.25, -0.2) is 0 Å². The Hall–Kier alpha value is -1.16. The lowest BCUT2D eigenvalue weighted by Gasteiger charge is -2.31. The van der Waals surface area contributed by atoms with Gasteiger partial charge in [-0.1, -0.05) is 44.2 Å².